The molecule has 1 aromatic carbocycles. The van der Waals surface area contributed by atoms with Gasteiger partial charge in [-0.25, -0.2) is 12.7 Å². The minimum atomic E-state index is -3.22. The summed E-state index contributed by atoms with van der Waals surface area (Å²) in [6, 6.07) is 7.09. The van der Waals surface area contributed by atoms with E-state index in [1.54, 1.807) is 29.2 Å². The van der Waals surface area contributed by atoms with Crippen LogP contribution in [0.25, 0.3) is 0 Å². The van der Waals surface area contributed by atoms with Crippen LogP contribution in [0, 0.1) is 0 Å². The topological polar surface area (TPSA) is 66.9 Å². The number of unbranched alkanes of at least 4 members (excludes halogenated alkanes) is 1. The average molecular weight is 368 g/mol. The van der Waals surface area contributed by atoms with Crippen LogP contribution < -0.4 is 4.74 Å². The second-order valence-corrected chi connectivity index (χ2v) is 8.26. The summed E-state index contributed by atoms with van der Waals surface area (Å²) in [7, 11) is -3.22. The van der Waals surface area contributed by atoms with Crippen LogP contribution in [0.3, 0.4) is 0 Å². The number of ether oxygens (including phenoxy) is 1. The molecular weight excluding hydrogens is 340 g/mol. The third-order valence-electron chi connectivity index (χ3n) is 4.30. The fourth-order valence-corrected chi connectivity index (χ4v) is 4.55. The molecule has 25 heavy (non-hydrogen) atoms. The van der Waals surface area contributed by atoms with Crippen LogP contribution in [-0.2, 0) is 10.0 Å². The lowest BCUT2D eigenvalue weighted by molar-refractivity contribution is 0.0764. The Morgan fingerprint density at radius 3 is 2.44 bits per heavy atom. The largest absolute Gasteiger partial charge is 0.494 e. The average Bonchev–Trinajstić information content (AvgIpc) is 2.87. The van der Waals surface area contributed by atoms with E-state index >= 15 is 0 Å². The predicted octanol–water partition coefficient (Wildman–Crippen LogP) is 2.36. The molecule has 0 saturated carbocycles. The van der Waals surface area contributed by atoms with E-state index in [1.807, 2.05) is 13.8 Å². The van der Waals surface area contributed by atoms with Crippen LogP contribution in [0.1, 0.15) is 43.5 Å². The van der Waals surface area contributed by atoms with Gasteiger partial charge in [-0.05, 0) is 44.0 Å². The maximum Gasteiger partial charge on any atom is 0.253 e. The lowest BCUT2D eigenvalue weighted by Crippen LogP contribution is -2.38. The van der Waals surface area contributed by atoms with Crippen LogP contribution in [-0.4, -0.2) is 62.1 Å². The summed E-state index contributed by atoms with van der Waals surface area (Å²) in [4.78, 5) is 14.4. The van der Waals surface area contributed by atoms with Crippen molar-refractivity contribution in [3.63, 3.8) is 0 Å². The van der Waals surface area contributed by atoms with E-state index < -0.39 is 10.0 Å². The molecule has 1 aliphatic rings. The smallest absolute Gasteiger partial charge is 0.253 e. The molecule has 1 saturated heterocycles. The van der Waals surface area contributed by atoms with Crippen molar-refractivity contribution < 1.29 is 17.9 Å². The zero-order valence-corrected chi connectivity index (χ0v) is 15.9. The van der Waals surface area contributed by atoms with Crippen LogP contribution >= 0.6 is 0 Å². The molecule has 2 rings (SSSR count). The molecule has 0 bridgehead atoms. The minimum Gasteiger partial charge on any atom is -0.494 e. The van der Waals surface area contributed by atoms with Crippen molar-refractivity contribution in [1.82, 2.24) is 9.21 Å². The number of carbonyl (C=O) groups excluding carboxylic acids is 1. The van der Waals surface area contributed by atoms with Gasteiger partial charge in [0.2, 0.25) is 10.0 Å². The van der Waals surface area contributed by atoms with Gasteiger partial charge >= 0.3 is 0 Å². The Morgan fingerprint density at radius 2 is 1.80 bits per heavy atom. The quantitative estimate of drug-likeness (QED) is 0.741. The van der Waals surface area contributed by atoms with E-state index in [4.69, 9.17) is 4.74 Å². The highest BCUT2D eigenvalue weighted by Crippen LogP contribution is 2.16. The van der Waals surface area contributed by atoms with Crippen molar-refractivity contribution in [2.45, 2.75) is 33.1 Å². The first-order valence-corrected chi connectivity index (χ1v) is 10.6. The first-order chi connectivity index (χ1) is 12.0. The minimum absolute atomic E-state index is 0.0594. The molecule has 1 aromatic rings. The third kappa shape index (κ3) is 5.44. The molecule has 0 spiro atoms. The van der Waals surface area contributed by atoms with Gasteiger partial charge in [0.1, 0.15) is 5.75 Å². The Kier molecular flexibility index (Phi) is 7.25. The molecule has 7 heteroatoms. The zero-order chi connectivity index (χ0) is 18.3. The maximum atomic E-state index is 12.7. The van der Waals surface area contributed by atoms with Crippen LogP contribution in [0.4, 0.5) is 0 Å². The Bertz CT molecular complexity index is 658. The van der Waals surface area contributed by atoms with Crippen molar-refractivity contribution in [2.24, 2.45) is 0 Å². The van der Waals surface area contributed by atoms with E-state index in [0.717, 1.165) is 12.2 Å². The molecule has 6 nitrogen and oxygen atoms in total. The molecule has 140 valence electrons. The summed E-state index contributed by atoms with van der Waals surface area (Å²) >= 11 is 0. The standard InChI is InChI=1S/C18H28N2O4S/c1-3-5-15-25(22,23)20-12-6-11-19(13-14-20)18(21)16-7-9-17(10-8-16)24-4-2/h7-10H,3-6,11-15H2,1-2H3. The number of amides is 1. The maximum absolute atomic E-state index is 12.7. The summed E-state index contributed by atoms with van der Waals surface area (Å²) in [5.74, 6) is 0.870. The van der Waals surface area contributed by atoms with Gasteiger partial charge in [-0.1, -0.05) is 13.3 Å². The van der Waals surface area contributed by atoms with Crippen LogP contribution in [0.2, 0.25) is 0 Å². The second kappa shape index (κ2) is 9.20. The SMILES string of the molecule is CCCCS(=O)(=O)N1CCCN(C(=O)c2ccc(OCC)cc2)CC1. The Labute approximate surface area is 150 Å². The molecule has 1 aliphatic heterocycles. The molecular formula is C18H28N2O4S. The first-order valence-electron chi connectivity index (χ1n) is 8.98. The van der Waals surface area contributed by atoms with Gasteiger partial charge in [0, 0.05) is 31.7 Å². The summed E-state index contributed by atoms with van der Waals surface area (Å²) in [5.41, 5.74) is 0.603. The van der Waals surface area contributed by atoms with Gasteiger partial charge < -0.3 is 9.64 Å². The molecule has 0 aromatic heterocycles. The third-order valence-corrected chi connectivity index (χ3v) is 6.26. The summed E-state index contributed by atoms with van der Waals surface area (Å²) in [5, 5.41) is 0. The van der Waals surface area contributed by atoms with E-state index in [0.29, 0.717) is 51.2 Å². The van der Waals surface area contributed by atoms with Crippen molar-refractivity contribution in [2.75, 3.05) is 38.5 Å². The highest BCUT2D eigenvalue weighted by atomic mass is 32.2. The normalized spacial score (nSPS) is 16.5. The summed E-state index contributed by atoms with van der Waals surface area (Å²) in [6.45, 7) is 6.34. The van der Waals surface area contributed by atoms with E-state index in [1.165, 1.54) is 4.31 Å². The number of rotatable bonds is 7. The number of sulfonamides is 1. The molecule has 1 amide bonds. The molecule has 0 radical (unpaired) electrons. The van der Waals surface area contributed by atoms with Crippen molar-refractivity contribution in [3.8, 4) is 5.75 Å². The Morgan fingerprint density at radius 1 is 1.08 bits per heavy atom. The van der Waals surface area contributed by atoms with Gasteiger partial charge in [-0.3, -0.25) is 4.79 Å². The number of hydrogen-bond donors (Lipinski definition) is 0. The van der Waals surface area contributed by atoms with Gasteiger partial charge in [0.25, 0.3) is 5.91 Å². The summed E-state index contributed by atoms with van der Waals surface area (Å²) < 4.78 is 31.6. The molecule has 1 heterocycles. The van der Waals surface area contributed by atoms with Crippen LogP contribution in [0.15, 0.2) is 24.3 Å². The fourth-order valence-electron chi connectivity index (χ4n) is 2.87. The molecule has 0 unspecified atom stereocenters. The van der Waals surface area contributed by atoms with Gasteiger partial charge in [-0.15, -0.1) is 0 Å². The number of hydrogen-bond acceptors (Lipinski definition) is 4. The molecule has 0 aliphatic carbocycles. The van der Waals surface area contributed by atoms with Crippen molar-refractivity contribution >= 4 is 15.9 Å². The fraction of sp³-hybridized carbons (Fsp3) is 0.611. The number of carbonyl (C=O) groups is 1. The van der Waals surface area contributed by atoms with E-state index in [2.05, 4.69) is 0 Å². The highest BCUT2D eigenvalue weighted by Gasteiger charge is 2.26. The zero-order valence-electron chi connectivity index (χ0n) is 15.1. The Balaban J connectivity index is 1.99. The summed E-state index contributed by atoms with van der Waals surface area (Å²) in [6.07, 6.45) is 2.19. The van der Waals surface area contributed by atoms with E-state index in [9.17, 15) is 13.2 Å². The van der Waals surface area contributed by atoms with Crippen LogP contribution in [0.5, 0.6) is 5.75 Å². The number of benzene rings is 1. The molecule has 0 atom stereocenters. The van der Waals surface area contributed by atoms with Gasteiger partial charge in [-0.2, -0.15) is 0 Å². The Hall–Kier alpha value is -1.60. The second-order valence-electron chi connectivity index (χ2n) is 6.17. The van der Waals surface area contributed by atoms with Crippen molar-refractivity contribution in [3.05, 3.63) is 29.8 Å². The first kappa shape index (κ1) is 19.7. The predicted molar refractivity (Wildman–Crippen MR) is 98.4 cm³/mol. The van der Waals surface area contributed by atoms with E-state index in [-0.39, 0.29) is 11.7 Å². The number of nitrogens with zero attached hydrogens (tertiary/aromatic N) is 2. The van der Waals surface area contributed by atoms with Crippen molar-refractivity contribution in [1.29, 1.82) is 0 Å². The molecule has 1 fully saturated rings. The lowest BCUT2D eigenvalue weighted by Gasteiger charge is -2.22. The van der Waals surface area contributed by atoms with Gasteiger partial charge in [0.05, 0.1) is 12.4 Å². The highest BCUT2D eigenvalue weighted by molar-refractivity contribution is 7.89. The lowest BCUT2D eigenvalue weighted by atomic mass is 10.2. The van der Waals surface area contributed by atoms with Gasteiger partial charge in [0.15, 0.2) is 0 Å². The monoisotopic (exact) mass is 368 g/mol. The molecule has 0 N–H and O–H groups in total.